The van der Waals surface area contributed by atoms with Crippen molar-refractivity contribution in [3.63, 3.8) is 0 Å². The monoisotopic (exact) mass is 945 g/mol. The summed E-state index contributed by atoms with van der Waals surface area (Å²) in [5.74, 6) is -6.18. The average Bonchev–Trinajstić information content (AvgIpc) is 4.02. The molecular formula is C47H68N12O9. The molecule has 370 valence electrons. The lowest BCUT2D eigenvalue weighted by atomic mass is 9.96. The minimum absolute atomic E-state index is 0.0184. The second-order valence-electron chi connectivity index (χ2n) is 17.6. The number of nitrogens with zero attached hydrogens (tertiary/aromatic N) is 3. The van der Waals surface area contributed by atoms with Crippen molar-refractivity contribution >= 4 is 47.4 Å². The molecule has 1 saturated heterocycles. The third kappa shape index (κ3) is 16.4. The number of hydrogen-bond donors (Lipinski definition) is 11. The van der Waals surface area contributed by atoms with Gasteiger partial charge in [-0.2, -0.15) is 0 Å². The molecule has 4 rings (SSSR count). The second-order valence-corrected chi connectivity index (χ2v) is 17.6. The molecule has 0 radical (unpaired) electrons. The number of rotatable bonds is 26. The topological polar surface area (TPSA) is 342 Å². The van der Waals surface area contributed by atoms with Crippen LogP contribution in [0.3, 0.4) is 0 Å². The highest BCUT2D eigenvalue weighted by molar-refractivity contribution is 5.97. The number of aromatic nitrogens is 2. The van der Waals surface area contributed by atoms with Gasteiger partial charge in [0.05, 0.1) is 12.4 Å². The standard InChI is InChI=1S/C47H68N12O9/c1-5-28(4)39(58-41(62)34(22-30-16-18-32(60)19-17-30)54-43(64)38(27(2)3)57-40(61)33(48)14-9-10-20-52-47(49)50)44(65)55-35(24-31-25-51-26-53-31)45(66)59-21-11-15-37(59)42(63)56-36(46(67)68)23-29-12-7-6-8-13-29/h6-8,12-13,16-19,25-28,33-39,60H,5,9-11,14-15,20-24,48H2,1-4H3,(H,51,53)(H,54,64)(H,55,65)(H,56,63)(H,57,61)(H,58,62)(H,67,68)(H4,49,50,52)/t28-,33-,34-,35-,36-,37-,38-,39-/m0/s1. The number of guanidine groups is 1. The molecule has 3 aromatic rings. The number of phenols is 1. The number of carbonyl (C=O) groups is 7. The van der Waals surface area contributed by atoms with E-state index in [2.05, 4.69) is 41.5 Å². The van der Waals surface area contributed by atoms with E-state index in [9.17, 15) is 43.8 Å². The van der Waals surface area contributed by atoms with Crippen LogP contribution >= 0.6 is 0 Å². The van der Waals surface area contributed by atoms with Crippen LogP contribution in [0, 0.1) is 11.8 Å². The lowest BCUT2D eigenvalue weighted by molar-refractivity contribution is -0.145. The first-order valence-electron chi connectivity index (χ1n) is 23.0. The van der Waals surface area contributed by atoms with Gasteiger partial charge in [0.1, 0.15) is 42.0 Å². The molecule has 0 saturated carbocycles. The van der Waals surface area contributed by atoms with Crippen molar-refractivity contribution in [1.82, 2.24) is 41.5 Å². The lowest BCUT2D eigenvalue weighted by Crippen LogP contribution is -2.61. The zero-order valence-electron chi connectivity index (χ0n) is 39.2. The largest absolute Gasteiger partial charge is 0.508 e. The summed E-state index contributed by atoms with van der Waals surface area (Å²) in [7, 11) is 0. The summed E-state index contributed by atoms with van der Waals surface area (Å²) in [5, 5.41) is 33.6. The number of aromatic amines is 1. The number of nitrogens with one attached hydrogen (secondary N) is 6. The summed E-state index contributed by atoms with van der Waals surface area (Å²) in [6.45, 7) is 7.54. The Kier molecular flexibility index (Phi) is 20.8. The number of unbranched alkanes of at least 4 members (excludes halogenated alkanes) is 1. The van der Waals surface area contributed by atoms with Crippen LogP contribution in [0.2, 0.25) is 0 Å². The summed E-state index contributed by atoms with van der Waals surface area (Å²) >= 11 is 0. The highest BCUT2D eigenvalue weighted by Crippen LogP contribution is 2.21. The van der Waals surface area contributed by atoms with Crippen molar-refractivity contribution < 1.29 is 43.8 Å². The van der Waals surface area contributed by atoms with E-state index in [1.165, 1.54) is 29.6 Å². The molecule has 0 spiro atoms. The molecule has 1 fully saturated rings. The molecule has 0 aliphatic carbocycles. The van der Waals surface area contributed by atoms with Crippen LogP contribution in [0.5, 0.6) is 5.75 Å². The maximum atomic E-state index is 14.5. The van der Waals surface area contributed by atoms with Gasteiger partial charge in [-0.1, -0.05) is 76.6 Å². The van der Waals surface area contributed by atoms with E-state index in [4.69, 9.17) is 17.2 Å². The molecule has 68 heavy (non-hydrogen) atoms. The van der Waals surface area contributed by atoms with Crippen LogP contribution < -0.4 is 43.8 Å². The molecule has 1 aliphatic heterocycles. The maximum absolute atomic E-state index is 14.5. The van der Waals surface area contributed by atoms with Crippen molar-refractivity contribution in [2.75, 3.05) is 13.1 Å². The number of hydrogen-bond acceptors (Lipinski definition) is 11. The quantitative estimate of drug-likeness (QED) is 0.0290. The Labute approximate surface area is 396 Å². The molecule has 0 bridgehead atoms. The van der Waals surface area contributed by atoms with Gasteiger partial charge in [0.15, 0.2) is 5.96 Å². The van der Waals surface area contributed by atoms with Gasteiger partial charge in [-0.15, -0.1) is 0 Å². The van der Waals surface area contributed by atoms with Crippen LogP contribution in [-0.4, -0.2) is 128 Å². The number of benzene rings is 2. The smallest absolute Gasteiger partial charge is 0.326 e. The zero-order chi connectivity index (χ0) is 49.9. The van der Waals surface area contributed by atoms with E-state index in [0.29, 0.717) is 55.5 Å². The van der Waals surface area contributed by atoms with Crippen molar-refractivity contribution in [1.29, 1.82) is 0 Å². The number of carboxylic acid groups (broad SMARTS) is 1. The summed E-state index contributed by atoms with van der Waals surface area (Å²) in [4.78, 5) is 109. The minimum atomic E-state index is -1.29. The van der Waals surface area contributed by atoms with E-state index < -0.39 is 95.5 Å². The summed E-state index contributed by atoms with van der Waals surface area (Å²) < 4.78 is 0. The van der Waals surface area contributed by atoms with E-state index in [-0.39, 0.29) is 43.9 Å². The highest BCUT2D eigenvalue weighted by atomic mass is 16.4. The predicted octanol–water partition coefficient (Wildman–Crippen LogP) is 0.116. The van der Waals surface area contributed by atoms with Gasteiger partial charge < -0.3 is 63.9 Å². The van der Waals surface area contributed by atoms with E-state index in [0.717, 1.165) is 0 Å². The fraction of sp³-hybridized carbons (Fsp3) is 0.511. The third-order valence-corrected chi connectivity index (χ3v) is 11.9. The number of carboxylic acids is 1. The van der Waals surface area contributed by atoms with Gasteiger partial charge >= 0.3 is 5.97 Å². The van der Waals surface area contributed by atoms with Gasteiger partial charge in [0.25, 0.3) is 0 Å². The Bertz CT molecular complexity index is 2170. The summed E-state index contributed by atoms with van der Waals surface area (Å²) in [6, 6.07) is 6.73. The number of amides is 6. The molecule has 6 amide bonds. The number of aliphatic carboxylic acids is 1. The minimum Gasteiger partial charge on any atom is -0.508 e. The highest BCUT2D eigenvalue weighted by Gasteiger charge is 2.41. The lowest BCUT2D eigenvalue weighted by Gasteiger charge is -2.32. The Balaban J connectivity index is 1.54. The van der Waals surface area contributed by atoms with E-state index >= 15 is 0 Å². The number of phenolic OH excluding ortho intramolecular Hbond substituents is 1. The number of imidazole rings is 1. The maximum Gasteiger partial charge on any atom is 0.326 e. The molecule has 21 nitrogen and oxygen atoms in total. The molecule has 21 heteroatoms. The Morgan fingerprint density at radius 3 is 2.04 bits per heavy atom. The van der Waals surface area contributed by atoms with Crippen molar-refractivity contribution in [3.05, 3.63) is 83.9 Å². The van der Waals surface area contributed by atoms with Crippen LogP contribution in [-0.2, 0) is 52.8 Å². The fourth-order valence-electron chi connectivity index (χ4n) is 7.80. The normalized spacial score (nSPS) is 16.5. The Morgan fingerprint density at radius 1 is 0.794 bits per heavy atom. The zero-order valence-corrected chi connectivity index (χ0v) is 39.2. The van der Waals surface area contributed by atoms with Gasteiger partial charge in [0, 0.05) is 44.2 Å². The molecule has 2 heterocycles. The van der Waals surface area contributed by atoms with Gasteiger partial charge in [-0.3, -0.25) is 33.8 Å². The van der Waals surface area contributed by atoms with Crippen molar-refractivity contribution in [3.8, 4) is 5.75 Å². The number of aliphatic imine (C=N–C) groups is 1. The van der Waals surface area contributed by atoms with Crippen molar-refractivity contribution in [2.45, 2.75) is 128 Å². The first-order chi connectivity index (χ1) is 32.4. The Morgan fingerprint density at radius 2 is 1.43 bits per heavy atom. The van der Waals surface area contributed by atoms with Crippen LogP contribution in [0.4, 0.5) is 0 Å². The summed E-state index contributed by atoms with van der Waals surface area (Å²) in [6.07, 6.45) is 5.33. The molecular weight excluding hydrogens is 877 g/mol. The molecule has 1 aliphatic rings. The van der Waals surface area contributed by atoms with E-state index in [1.54, 1.807) is 63.2 Å². The van der Waals surface area contributed by atoms with E-state index in [1.807, 2.05) is 6.92 Å². The molecule has 2 aromatic carbocycles. The first kappa shape index (κ1) is 53.6. The van der Waals surface area contributed by atoms with Crippen LogP contribution in [0.1, 0.15) is 83.0 Å². The fourth-order valence-corrected chi connectivity index (χ4v) is 7.80. The SMILES string of the molecule is CC[C@H](C)[C@H](NC(=O)[C@H](Cc1ccc(O)cc1)NC(=O)[C@@H](NC(=O)[C@@H](N)CCCCN=C(N)N)C(C)C)C(=O)N[C@@H](Cc1cnc[nH]1)C(=O)N1CCC[C@H]1C(=O)N[C@@H](Cc1ccccc1)C(=O)O. The number of carbonyl (C=O) groups excluding carboxylic acids is 6. The molecule has 8 atom stereocenters. The summed E-state index contributed by atoms with van der Waals surface area (Å²) in [5.41, 5.74) is 18.7. The van der Waals surface area contributed by atoms with Crippen LogP contribution in [0.25, 0.3) is 0 Å². The Hall–Kier alpha value is -7.03. The third-order valence-electron chi connectivity index (χ3n) is 11.9. The van der Waals surface area contributed by atoms with Crippen molar-refractivity contribution in [2.24, 2.45) is 34.0 Å². The average molecular weight is 945 g/mol. The number of aromatic hydroxyl groups is 1. The van der Waals surface area contributed by atoms with Gasteiger partial charge in [0.2, 0.25) is 35.4 Å². The number of likely N-dealkylation sites (tertiary alicyclic amines) is 1. The molecule has 1 aromatic heterocycles. The number of H-pyrrole nitrogens is 1. The van der Waals surface area contributed by atoms with Gasteiger partial charge in [-0.05, 0) is 67.2 Å². The second kappa shape index (κ2) is 26.3. The molecule has 0 unspecified atom stereocenters. The number of nitrogens with two attached hydrogens (primary N) is 3. The molecule has 14 N–H and O–H groups in total. The van der Waals surface area contributed by atoms with Crippen LogP contribution in [0.15, 0.2) is 72.1 Å². The van der Waals surface area contributed by atoms with Gasteiger partial charge in [-0.25, -0.2) is 9.78 Å². The predicted molar refractivity (Wildman–Crippen MR) is 253 cm³/mol. The first-order valence-corrected chi connectivity index (χ1v) is 23.0.